The van der Waals surface area contributed by atoms with E-state index < -0.39 is 5.91 Å². The molecule has 0 saturated heterocycles. The van der Waals surface area contributed by atoms with Gasteiger partial charge in [-0.25, -0.2) is 0 Å². The van der Waals surface area contributed by atoms with Gasteiger partial charge >= 0.3 is 0 Å². The summed E-state index contributed by atoms with van der Waals surface area (Å²) in [5.74, 6) is -0.438. The van der Waals surface area contributed by atoms with Crippen molar-refractivity contribution in [3.8, 4) is 5.75 Å². The van der Waals surface area contributed by atoms with E-state index in [4.69, 9.17) is 51.1 Å². The third-order valence-corrected chi connectivity index (χ3v) is 5.72. The maximum absolute atomic E-state index is 12.3. The second-order valence-corrected chi connectivity index (χ2v) is 7.50. The van der Waals surface area contributed by atoms with Crippen LogP contribution >= 0.6 is 46.4 Å². The van der Waals surface area contributed by atoms with E-state index >= 15 is 0 Å². The molecule has 2 amide bonds. The molecule has 2 rings (SSSR count). The highest BCUT2D eigenvalue weighted by atomic mass is 35.5. The fraction of sp³-hybridized carbons (Fsp3) is 0.263. The first-order valence-electron chi connectivity index (χ1n) is 8.31. The third-order valence-electron chi connectivity index (χ3n) is 3.91. The lowest BCUT2D eigenvalue weighted by molar-refractivity contribution is -0.118. The minimum Gasteiger partial charge on any atom is -0.481 e. The topological polar surface area (TPSA) is 67.4 Å². The number of rotatable bonds is 6. The molecule has 0 aromatic heterocycles. The van der Waals surface area contributed by atoms with E-state index in [1.54, 1.807) is 39.0 Å². The Bertz CT molecular complexity index is 903. The zero-order chi connectivity index (χ0) is 21.0. The molecule has 9 heteroatoms. The van der Waals surface area contributed by atoms with Crippen LogP contribution in [-0.4, -0.2) is 18.4 Å². The fourth-order valence-corrected chi connectivity index (χ4v) is 3.30. The maximum atomic E-state index is 12.3. The van der Waals surface area contributed by atoms with E-state index in [-0.39, 0.29) is 28.3 Å². The quantitative estimate of drug-likeness (QED) is 0.529. The van der Waals surface area contributed by atoms with Crippen LogP contribution in [0.3, 0.4) is 0 Å². The monoisotopic (exact) mass is 462 g/mol. The van der Waals surface area contributed by atoms with Crippen LogP contribution in [0.5, 0.6) is 5.75 Å². The molecular formula is C19H18Cl4N2O3. The highest BCUT2D eigenvalue weighted by Crippen LogP contribution is 2.42. The molecule has 0 spiro atoms. The average molecular weight is 464 g/mol. The average Bonchev–Trinajstić information content (AvgIpc) is 2.67. The summed E-state index contributed by atoms with van der Waals surface area (Å²) in [7, 11) is 0. The van der Waals surface area contributed by atoms with Gasteiger partial charge in [0.25, 0.3) is 5.91 Å². The fourth-order valence-electron chi connectivity index (χ4n) is 2.31. The Labute approximate surface area is 183 Å². The first-order chi connectivity index (χ1) is 13.1. The van der Waals surface area contributed by atoms with Gasteiger partial charge in [-0.1, -0.05) is 53.3 Å². The highest BCUT2D eigenvalue weighted by Gasteiger charge is 2.19. The molecule has 0 unspecified atom stereocenters. The van der Waals surface area contributed by atoms with Crippen molar-refractivity contribution in [1.29, 1.82) is 0 Å². The normalized spacial score (nSPS) is 10.5. The second-order valence-electron chi connectivity index (χ2n) is 5.95. The Morgan fingerprint density at radius 2 is 1.54 bits per heavy atom. The van der Waals surface area contributed by atoms with E-state index in [9.17, 15) is 9.59 Å². The number of hydrogen-bond acceptors (Lipinski definition) is 3. The number of carbonyl (C=O) groups excluding carboxylic acids is 2. The first-order valence-corrected chi connectivity index (χ1v) is 9.82. The zero-order valence-corrected chi connectivity index (χ0v) is 18.4. The van der Waals surface area contributed by atoms with Crippen LogP contribution in [0, 0.1) is 13.8 Å². The van der Waals surface area contributed by atoms with Crippen molar-refractivity contribution in [3.05, 3.63) is 49.4 Å². The minimum atomic E-state index is -0.474. The number of benzene rings is 2. The number of halogens is 4. The summed E-state index contributed by atoms with van der Waals surface area (Å²) in [4.78, 5) is 23.8. The molecule has 2 N–H and O–H groups in total. The zero-order valence-electron chi connectivity index (χ0n) is 15.4. The van der Waals surface area contributed by atoms with Crippen LogP contribution in [0.25, 0.3) is 0 Å². The van der Waals surface area contributed by atoms with E-state index in [2.05, 4.69) is 10.6 Å². The van der Waals surface area contributed by atoms with E-state index in [1.807, 2.05) is 0 Å². The van der Waals surface area contributed by atoms with Gasteiger partial charge in [-0.15, -0.1) is 0 Å². The second kappa shape index (κ2) is 9.70. The molecule has 5 nitrogen and oxygen atoms in total. The smallest absolute Gasteiger partial charge is 0.262 e. The predicted octanol–water partition coefficient (Wildman–Crippen LogP) is 6.28. The van der Waals surface area contributed by atoms with Crippen LogP contribution < -0.4 is 15.4 Å². The Morgan fingerprint density at radius 3 is 2.11 bits per heavy atom. The lowest BCUT2D eigenvalue weighted by atomic mass is 10.1. The molecule has 0 aliphatic rings. The Morgan fingerprint density at radius 1 is 0.929 bits per heavy atom. The molecule has 0 saturated carbocycles. The van der Waals surface area contributed by atoms with Crippen molar-refractivity contribution < 1.29 is 14.3 Å². The highest BCUT2D eigenvalue weighted by molar-refractivity contribution is 6.42. The molecule has 0 atom stereocenters. The van der Waals surface area contributed by atoms with Crippen molar-refractivity contribution in [2.75, 3.05) is 17.2 Å². The van der Waals surface area contributed by atoms with Gasteiger partial charge in [0.15, 0.2) is 12.4 Å². The van der Waals surface area contributed by atoms with Crippen molar-refractivity contribution in [2.24, 2.45) is 0 Å². The van der Waals surface area contributed by atoms with Gasteiger partial charge in [0.05, 0.1) is 20.8 Å². The molecule has 28 heavy (non-hydrogen) atoms. The molecule has 150 valence electrons. The Hall–Kier alpha value is -1.66. The molecule has 0 aliphatic heterocycles. The van der Waals surface area contributed by atoms with Crippen LogP contribution in [-0.2, 0) is 9.59 Å². The molecule has 2 aromatic rings. The lowest BCUT2D eigenvalue weighted by Crippen LogP contribution is -2.21. The van der Waals surface area contributed by atoms with Gasteiger partial charge in [-0.05, 0) is 43.2 Å². The van der Waals surface area contributed by atoms with Gasteiger partial charge in [0, 0.05) is 17.1 Å². The van der Waals surface area contributed by atoms with Gasteiger partial charge in [0.1, 0.15) is 0 Å². The van der Waals surface area contributed by atoms with E-state index in [0.29, 0.717) is 39.0 Å². The first kappa shape index (κ1) is 22.6. The number of anilines is 2. The summed E-state index contributed by atoms with van der Waals surface area (Å²) in [6.07, 6.45) is 0.333. The molecule has 0 heterocycles. The summed E-state index contributed by atoms with van der Waals surface area (Å²) < 4.78 is 5.52. The predicted molar refractivity (Wildman–Crippen MR) is 115 cm³/mol. The minimum absolute atomic E-state index is 0.152. The molecule has 0 aliphatic carbocycles. The maximum Gasteiger partial charge on any atom is 0.262 e. The number of nitrogens with one attached hydrogen (secondary N) is 2. The van der Waals surface area contributed by atoms with E-state index in [1.165, 1.54) is 0 Å². The van der Waals surface area contributed by atoms with Gasteiger partial charge in [-0.2, -0.15) is 0 Å². The Balaban J connectivity index is 2.12. The molecule has 0 bridgehead atoms. The van der Waals surface area contributed by atoms with Crippen LogP contribution in [0.2, 0.25) is 20.1 Å². The van der Waals surface area contributed by atoms with E-state index in [0.717, 1.165) is 0 Å². The summed E-state index contributed by atoms with van der Waals surface area (Å²) in [6, 6.07) is 4.77. The number of hydrogen-bond donors (Lipinski definition) is 2. The number of ether oxygens (including phenoxy) is 1. The summed E-state index contributed by atoms with van der Waals surface area (Å²) >= 11 is 24.8. The van der Waals surface area contributed by atoms with Crippen molar-refractivity contribution in [1.82, 2.24) is 0 Å². The molecule has 2 aromatic carbocycles. The van der Waals surface area contributed by atoms with Crippen molar-refractivity contribution >= 4 is 69.6 Å². The van der Waals surface area contributed by atoms with Crippen LogP contribution in [0.4, 0.5) is 11.4 Å². The largest absolute Gasteiger partial charge is 0.481 e. The van der Waals surface area contributed by atoms with Crippen molar-refractivity contribution in [2.45, 2.75) is 27.2 Å². The molecule has 0 fully saturated rings. The van der Waals surface area contributed by atoms with Gasteiger partial charge in [0.2, 0.25) is 5.91 Å². The summed E-state index contributed by atoms with van der Waals surface area (Å²) in [5, 5.41) is 6.59. The lowest BCUT2D eigenvalue weighted by Gasteiger charge is -2.16. The number of carbonyl (C=O) groups is 2. The standard InChI is InChI=1S/C19H18Cl4N2O3/c1-4-14(26)24-11-5-6-12(20)13(7-11)25-15(27)8-28-19-17(22)9(2)16(21)10(3)18(19)23/h5-7H,4,8H2,1-3H3,(H,24,26)(H,25,27). The molecule has 0 radical (unpaired) electrons. The Kier molecular flexibility index (Phi) is 7.84. The third kappa shape index (κ3) is 5.23. The van der Waals surface area contributed by atoms with Crippen molar-refractivity contribution in [3.63, 3.8) is 0 Å². The number of amides is 2. The van der Waals surface area contributed by atoms with Gasteiger partial charge in [-0.3, -0.25) is 9.59 Å². The summed E-state index contributed by atoms with van der Waals surface area (Å²) in [5.41, 5.74) is 2.08. The molecular weight excluding hydrogens is 446 g/mol. The van der Waals surface area contributed by atoms with Gasteiger partial charge < -0.3 is 15.4 Å². The van der Waals surface area contributed by atoms with Crippen LogP contribution in [0.15, 0.2) is 18.2 Å². The summed E-state index contributed by atoms with van der Waals surface area (Å²) in [6.45, 7) is 4.86. The van der Waals surface area contributed by atoms with Crippen LogP contribution in [0.1, 0.15) is 24.5 Å². The SMILES string of the molecule is CCC(=O)Nc1ccc(Cl)c(NC(=O)COc2c(Cl)c(C)c(Cl)c(C)c2Cl)c1.